The lowest BCUT2D eigenvalue weighted by Crippen LogP contribution is -2.48. The summed E-state index contributed by atoms with van der Waals surface area (Å²) in [5, 5.41) is 6.63. The summed E-state index contributed by atoms with van der Waals surface area (Å²) >= 11 is 0. The topological polar surface area (TPSA) is 158 Å². The second kappa shape index (κ2) is 11.4. The third-order valence-electron chi connectivity index (χ3n) is 5.89. The van der Waals surface area contributed by atoms with Crippen molar-refractivity contribution in [3.63, 3.8) is 0 Å². The lowest BCUT2D eigenvalue weighted by atomic mass is 10.2. The minimum atomic E-state index is -5.10. The van der Waals surface area contributed by atoms with E-state index < -0.39 is 38.8 Å². The highest BCUT2D eigenvalue weighted by Gasteiger charge is 2.32. The second-order valence-corrected chi connectivity index (χ2v) is 11.5. The number of hydrogen-bond donors (Lipinski definition) is 1. The molecule has 1 aromatic carbocycles. The Morgan fingerprint density at radius 3 is 2.37 bits per heavy atom. The first-order chi connectivity index (χ1) is 19.1. The fraction of sp³-hybridized carbons (Fsp3) is 0.417. The third kappa shape index (κ3) is 7.35. The number of alkyl halides is 3. The van der Waals surface area contributed by atoms with Crippen LogP contribution in [0.4, 0.5) is 13.2 Å². The zero-order valence-corrected chi connectivity index (χ0v) is 23.1. The van der Waals surface area contributed by atoms with Crippen molar-refractivity contribution in [1.29, 1.82) is 0 Å². The molecule has 0 radical (unpaired) electrons. The van der Waals surface area contributed by atoms with Crippen molar-refractivity contribution >= 4 is 21.7 Å². The van der Waals surface area contributed by atoms with E-state index in [4.69, 9.17) is 4.74 Å². The Labute approximate surface area is 232 Å². The molecular formula is C24H26F3N7O6S. The monoisotopic (exact) mass is 597 g/mol. The minimum absolute atomic E-state index is 0.112. The standard InChI is InChI=1S/C24H26F3N7O6S/c1-13-10-33(11-14(2)39-13)23(36)19-8-29-20(9-28-19)34-21(30-12-31-34)15(3)32-22(35)16-5-17(40-24(25,26)27)7-18(6-16)41(4,37)38/h5-9,12-15H,10-11H2,1-4H3,(H,32,35)/t13-,14+,15-/m0/s1. The van der Waals surface area contributed by atoms with Crippen molar-refractivity contribution in [1.82, 2.24) is 34.9 Å². The van der Waals surface area contributed by atoms with E-state index in [1.807, 2.05) is 13.8 Å². The number of sulfone groups is 1. The van der Waals surface area contributed by atoms with Crippen molar-refractivity contribution in [2.24, 2.45) is 0 Å². The van der Waals surface area contributed by atoms with Crippen LogP contribution in [-0.4, -0.2) is 87.8 Å². The molecule has 0 unspecified atom stereocenters. The van der Waals surface area contributed by atoms with Crippen LogP contribution in [0.15, 0.2) is 41.8 Å². The van der Waals surface area contributed by atoms with E-state index >= 15 is 0 Å². The van der Waals surface area contributed by atoms with Crippen molar-refractivity contribution in [2.45, 2.75) is 50.3 Å². The van der Waals surface area contributed by atoms with Gasteiger partial charge in [-0.25, -0.2) is 23.4 Å². The Morgan fingerprint density at radius 1 is 1.10 bits per heavy atom. The molecule has 3 atom stereocenters. The molecule has 17 heteroatoms. The van der Waals surface area contributed by atoms with Gasteiger partial charge in [-0.05, 0) is 39.0 Å². The van der Waals surface area contributed by atoms with Gasteiger partial charge >= 0.3 is 6.36 Å². The molecule has 41 heavy (non-hydrogen) atoms. The average Bonchev–Trinajstić information content (AvgIpc) is 3.36. The lowest BCUT2D eigenvalue weighted by Gasteiger charge is -2.35. The van der Waals surface area contributed by atoms with Gasteiger partial charge < -0.3 is 19.7 Å². The van der Waals surface area contributed by atoms with Crippen molar-refractivity contribution in [3.05, 3.63) is 54.0 Å². The molecule has 1 aliphatic heterocycles. The summed E-state index contributed by atoms with van der Waals surface area (Å²) in [5.41, 5.74) is -0.278. The lowest BCUT2D eigenvalue weighted by molar-refractivity contribution is -0.274. The van der Waals surface area contributed by atoms with Crippen molar-refractivity contribution in [2.75, 3.05) is 19.3 Å². The molecule has 1 saturated heterocycles. The van der Waals surface area contributed by atoms with Gasteiger partial charge in [0.15, 0.2) is 21.5 Å². The summed E-state index contributed by atoms with van der Waals surface area (Å²) in [5.74, 6) is -1.72. The number of ether oxygens (including phenoxy) is 2. The zero-order chi connectivity index (χ0) is 30.1. The molecule has 13 nitrogen and oxygen atoms in total. The normalized spacial score (nSPS) is 18.6. The number of aromatic nitrogens is 5. The third-order valence-corrected chi connectivity index (χ3v) is 6.99. The van der Waals surface area contributed by atoms with E-state index in [1.54, 1.807) is 4.90 Å². The predicted octanol–water partition coefficient (Wildman–Crippen LogP) is 2.10. The summed E-state index contributed by atoms with van der Waals surface area (Å²) in [6.45, 7) is 6.09. The summed E-state index contributed by atoms with van der Waals surface area (Å²) in [4.78, 5) is 39.5. The Bertz CT molecular complexity index is 1540. The van der Waals surface area contributed by atoms with Gasteiger partial charge in [0.25, 0.3) is 11.8 Å². The van der Waals surface area contributed by atoms with Crippen LogP contribution in [0.1, 0.15) is 53.5 Å². The first kappa shape index (κ1) is 29.9. The Balaban J connectivity index is 1.52. The molecule has 2 amide bonds. The largest absolute Gasteiger partial charge is 0.573 e. The second-order valence-electron chi connectivity index (χ2n) is 9.47. The van der Waals surface area contributed by atoms with Crippen LogP contribution in [0.2, 0.25) is 0 Å². The fourth-order valence-corrected chi connectivity index (χ4v) is 4.89. The Morgan fingerprint density at radius 2 is 1.78 bits per heavy atom. The van der Waals surface area contributed by atoms with Gasteiger partial charge in [0.05, 0.1) is 35.5 Å². The van der Waals surface area contributed by atoms with Crippen molar-refractivity contribution < 1.29 is 40.7 Å². The molecule has 1 N–H and O–H groups in total. The molecular weight excluding hydrogens is 571 g/mol. The molecule has 0 spiro atoms. The number of nitrogens with one attached hydrogen (secondary N) is 1. The van der Waals surface area contributed by atoms with Gasteiger partial charge in [0, 0.05) is 24.9 Å². The summed E-state index contributed by atoms with van der Waals surface area (Å²) in [6.07, 6.45) is -0.778. The maximum absolute atomic E-state index is 12.9. The first-order valence-corrected chi connectivity index (χ1v) is 14.1. The molecule has 0 aliphatic carbocycles. The molecule has 3 heterocycles. The molecule has 0 saturated carbocycles. The van der Waals surface area contributed by atoms with Gasteiger partial charge in [-0.2, -0.15) is 9.78 Å². The van der Waals surface area contributed by atoms with E-state index in [-0.39, 0.29) is 41.0 Å². The van der Waals surface area contributed by atoms with Crippen LogP contribution in [0.25, 0.3) is 5.82 Å². The highest BCUT2D eigenvalue weighted by Crippen LogP contribution is 2.27. The molecule has 4 rings (SSSR count). The van der Waals surface area contributed by atoms with Gasteiger partial charge in [-0.15, -0.1) is 13.2 Å². The van der Waals surface area contributed by atoms with Crippen LogP contribution >= 0.6 is 0 Å². The van der Waals surface area contributed by atoms with E-state index in [0.29, 0.717) is 19.2 Å². The van der Waals surface area contributed by atoms with Crippen LogP contribution in [-0.2, 0) is 14.6 Å². The smallest absolute Gasteiger partial charge is 0.406 e. The molecule has 2 aromatic heterocycles. The number of amides is 2. The maximum atomic E-state index is 12.9. The summed E-state index contributed by atoms with van der Waals surface area (Å²) in [7, 11) is -3.98. The number of halogens is 3. The van der Waals surface area contributed by atoms with Crippen LogP contribution in [0.5, 0.6) is 5.75 Å². The van der Waals surface area contributed by atoms with Crippen LogP contribution < -0.4 is 10.1 Å². The number of morpholine rings is 1. The highest BCUT2D eigenvalue weighted by molar-refractivity contribution is 7.90. The SMILES string of the molecule is C[C@@H]1CN(C(=O)c2cnc(-n3ncnc3[C@H](C)NC(=O)c3cc(OC(F)(F)F)cc(S(C)(=O)=O)c3)cn2)C[C@H](C)O1. The van der Waals surface area contributed by atoms with Gasteiger partial charge in [0.1, 0.15) is 17.8 Å². The molecule has 220 valence electrons. The number of hydrogen-bond acceptors (Lipinski definition) is 10. The number of nitrogens with zero attached hydrogens (tertiary/aromatic N) is 6. The number of carbonyl (C=O) groups excluding carboxylic acids is 2. The number of benzene rings is 1. The van der Waals surface area contributed by atoms with Gasteiger partial charge in [0.2, 0.25) is 0 Å². The molecule has 0 bridgehead atoms. The highest BCUT2D eigenvalue weighted by atomic mass is 32.2. The first-order valence-electron chi connectivity index (χ1n) is 12.2. The van der Waals surface area contributed by atoms with E-state index in [1.165, 1.54) is 30.3 Å². The Hall–Kier alpha value is -4.12. The maximum Gasteiger partial charge on any atom is 0.573 e. The molecule has 1 aliphatic rings. The summed E-state index contributed by atoms with van der Waals surface area (Å²) in [6, 6.07) is 1.50. The van der Waals surface area contributed by atoms with Crippen LogP contribution in [0.3, 0.4) is 0 Å². The van der Waals surface area contributed by atoms with E-state index in [0.717, 1.165) is 18.4 Å². The molecule has 3 aromatic rings. The van der Waals surface area contributed by atoms with Crippen molar-refractivity contribution in [3.8, 4) is 11.6 Å². The van der Waals surface area contributed by atoms with Gasteiger partial charge in [-0.1, -0.05) is 0 Å². The van der Waals surface area contributed by atoms with E-state index in [2.05, 4.69) is 30.1 Å². The van der Waals surface area contributed by atoms with Gasteiger partial charge in [-0.3, -0.25) is 9.59 Å². The zero-order valence-electron chi connectivity index (χ0n) is 22.3. The average molecular weight is 598 g/mol. The minimum Gasteiger partial charge on any atom is -0.406 e. The summed E-state index contributed by atoms with van der Waals surface area (Å²) < 4.78 is 73.0. The Kier molecular flexibility index (Phi) is 8.30. The van der Waals surface area contributed by atoms with E-state index in [9.17, 15) is 31.2 Å². The molecule has 1 fully saturated rings. The number of carbonyl (C=O) groups is 2. The predicted molar refractivity (Wildman–Crippen MR) is 135 cm³/mol. The number of rotatable bonds is 7. The quantitative estimate of drug-likeness (QED) is 0.428. The fourth-order valence-electron chi connectivity index (χ4n) is 4.22. The van der Waals surface area contributed by atoms with Crippen LogP contribution in [0, 0.1) is 0 Å².